The Morgan fingerprint density at radius 3 is 2.56 bits per heavy atom. The molecule has 0 atom stereocenters. The Kier molecular flexibility index (Phi) is 3.50. The Bertz CT molecular complexity index is 480. The molecule has 0 bridgehead atoms. The fraction of sp³-hybridized carbons (Fsp3) is 0.385. The predicted molar refractivity (Wildman–Crippen MR) is 65.7 cm³/mol. The van der Waals surface area contributed by atoms with Gasteiger partial charge in [0.2, 0.25) is 5.91 Å². The Morgan fingerprint density at radius 1 is 1.28 bits per heavy atom. The molecular weight excluding hydrogens is 234 g/mol. The van der Waals surface area contributed by atoms with Crippen LogP contribution in [0.25, 0.3) is 0 Å². The first-order valence-corrected chi connectivity index (χ1v) is 5.73. The highest BCUT2D eigenvalue weighted by Crippen LogP contribution is 2.32. The lowest BCUT2D eigenvalue weighted by atomic mass is 10.2. The molecule has 5 heteroatoms. The normalized spacial score (nSPS) is 13.9. The number of ether oxygens (including phenoxy) is 2. The molecule has 0 unspecified atom stereocenters. The summed E-state index contributed by atoms with van der Waals surface area (Å²) in [4.78, 5) is 23.0. The van der Waals surface area contributed by atoms with Gasteiger partial charge in [0, 0.05) is 5.92 Å². The summed E-state index contributed by atoms with van der Waals surface area (Å²) in [6.45, 7) is 0. The van der Waals surface area contributed by atoms with Gasteiger partial charge in [-0.2, -0.15) is 0 Å². The zero-order valence-electron chi connectivity index (χ0n) is 10.4. The Balaban J connectivity index is 2.19. The number of nitrogens with one attached hydrogen (secondary N) is 1. The van der Waals surface area contributed by atoms with Crippen LogP contribution in [0.5, 0.6) is 5.75 Å². The lowest BCUT2D eigenvalue weighted by molar-refractivity contribution is -0.117. The molecule has 18 heavy (non-hydrogen) atoms. The molecule has 1 fully saturated rings. The van der Waals surface area contributed by atoms with Crippen LogP contribution in [0.1, 0.15) is 23.2 Å². The molecule has 1 saturated carbocycles. The van der Waals surface area contributed by atoms with Gasteiger partial charge in [-0.05, 0) is 31.0 Å². The highest BCUT2D eigenvalue weighted by atomic mass is 16.5. The summed E-state index contributed by atoms with van der Waals surface area (Å²) in [5.74, 6) is 0.134. The summed E-state index contributed by atoms with van der Waals surface area (Å²) < 4.78 is 9.78. The van der Waals surface area contributed by atoms with Crippen LogP contribution in [0.4, 0.5) is 5.69 Å². The Morgan fingerprint density at radius 2 is 2.00 bits per heavy atom. The van der Waals surface area contributed by atoms with E-state index in [0.29, 0.717) is 17.0 Å². The van der Waals surface area contributed by atoms with Crippen LogP contribution in [0.3, 0.4) is 0 Å². The fourth-order valence-corrected chi connectivity index (χ4v) is 1.62. The van der Waals surface area contributed by atoms with Crippen molar-refractivity contribution in [2.24, 2.45) is 5.92 Å². The molecule has 1 amide bonds. The maximum Gasteiger partial charge on any atom is 0.337 e. The molecule has 0 heterocycles. The first-order chi connectivity index (χ1) is 8.65. The number of benzene rings is 1. The zero-order chi connectivity index (χ0) is 13.1. The predicted octanol–water partition coefficient (Wildman–Crippen LogP) is 1.83. The van der Waals surface area contributed by atoms with Crippen molar-refractivity contribution in [1.82, 2.24) is 0 Å². The maximum absolute atomic E-state index is 11.7. The van der Waals surface area contributed by atoms with E-state index in [2.05, 4.69) is 10.1 Å². The standard InChI is InChI=1S/C13H15NO4/c1-17-11-7-9(13(16)18-2)5-6-10(11)14-12(15)8-3-4-8/h5-8H,3-4H2,1-2H3,(H,14,15). The van der Waals surface area contributed by atoms with Crippen LogP contribution in [-0.2, 0) is 9.53 Å². The summed E-state index contributed by atoms with van der Waals surface area (Å²) in [5, 5.41) is 2.79. The zero-order valence-corrected chi connectivity index (χ0v) is 10.4. The molecule has 0 spiro atoms. The van der Waals surface area contributed by atoms with Crippen LogP contribution in [0.15, 0.2) is 18.2 Å². The van der Waals surface area contributed by atoms with Crippen molar-refractivity contribution < 1.29 is 19.1 Å². The third-order valence-corrected chi connectivity index (χ3v) is 2.83. The summed E-state index contributed by atoms with van der Waals surface area (Å²) in [7, 11) is 2.81. The molecule has 5 nitrogen and oxygen atoms in total. The highest BCUT2D eigenvalue weighted by molar-refractivity contribution is 5.97. The van der Waals surface area contributed by atoms with Crippen LogP contribution in [0.2, 0.25) is 0 Å². The van der Waals surface area contributed by atoms with E-state index in [-0.39, 0.29) is 11.8 Å². The van der Waals surface area contributed by atoms with Gasteiger partial charge in [-0.25, -0.2) is 4.79 Å². The molecule has 1 aliphatic rings. The van der Waals surface area contributed by atoms with Crippen molar-refractivity contribution in [3.05, 3.63) is 23.8 Å². The Hall–Kier alpha value is -2.04. The summed E-state index contributed by atoms with van der Waals surface area (Å²) in [5.41, 5.74) is 0.959. The number of esters is 1. The molecule has 96 valence electrons. The topological polar surface area (TPSA) is 64.6 Å². The maximum atomic E-state index is 11.7. The van der Waals surface area contributed by atoms with Gasteiger partial charge < -0.3 is 14.8 Å². The van der Waals surface area contributed by atoms with E-state index in [9.17, 15) is 9.59 Å². The molecular formula is C13H15NO4. The molecule has 1 aromatic carbocycles. The van der Waals surface area contributed by atoms with E-state index >= 15 is 0 Å². The first kappa shape index (κ1) is 12.4. The van der Waals surface area contributed by atoms with Gasteiger partial charge >= 0.3 is 5.97 Å². The summed E-state index contributed by atoms with van der Waals surface area (Å²) in [6, 6.07) is 4.79. The number of methoxy groups -OCH3 is 2. The molecule has 2 rings (SSSR count). The van der Waals surface area contributed by atoms with Crippen molar-refractivity contribution in [2.75, 3.05) is 19.5 Å². The molecule has 0 aromatic heterocycles. The quantitative estimate of drug-likeness (QED) is 0.827. The van der Waals surface area contributed by atoms with Gasteiger partial charge in [-0.1, -0.05) is 0 Å². The van der Waals surface area contributed by atoms with Crippen LogP contribution in [-0.4, -0.2) is 26.1 Å². The average molecular weight is 249 g/mol. The smallest absolute Gasteiger partial charge is 0.337 e. The number of amides is 1. The minimum atomic E-state index is -0.437. The van der Waals surface area contributed by atoms with Gasteiger partial charge in [0.1, 0.15) is 5.75 Å². The van der Waals surface area contributed by atoms with Crippen molar-refractivity contribution in [2.45, 2.75) is 12.8 Å². The van der Waals surface area contributed by atoms with Gasteiger partial charge in [0.05, 0.1) is 25.5 Å². The number of rotatable bonds is 4. The molecule has 0 saturated heterocycles. The van der Waals surface area contributed by atoms with Gasteiger partial charge in [-0.15, -0.1) is 0 Å². The van der Waals surface area contributed by atoms with E-state index in [1.165, 1.54) is 14.2 Å². The number of anilines is 1. The fourth-order valence-electron chi connectivity index (χ4n) is 1.62. The second-order valence-corrected chi connectivity index (χ2v) is 4.17. The lowest BCUT2D eigenvalue weighted by Crippen LogP contribution is -2.14. The van der Waals surface area contributed by atoms with Crippen molar-refractivity contribution >= 4 is 17.6 Å². The van der Waals surface area contributed by atoms with Crippen molar-refractivity contribution in [1.29, 1.82) is 0 Å². The lowest BCUT2D eigenvalue weighted by Gasteiger charge is -2.11. The minimum absolute atomic E-state index is 0.000817. The third kappa shape index (κ3) is 2.61. The Labute approximate surface area is 105 Å². The van der Waals surface area contributed by atoms with E-state index < -0.39 is 5.97 Å². The van der Waals surface area contributed by atoms with E-state index in [1.54, 1.807) is 18.2 Å². The number of carbonyl (C=O) groups is 2. The largest absolute Gasteiger partial charge is 0.495 e. The van der Waals surface area contributed by atoms with E-state index in [4.69, 9.17) is 4.74 Å². The van der Waals surface area contributed by atoms with Crippen LogP contribution in [0, 0.1) is 5.92 Å². The monoisotopic (exact) mass is 249 g/mol. The second kappa shape index (κ2) is 5.08. The highest BCUT2D eigenvalue weighted by Gasteiger charge is 2.30. The summed E-state index contributed by atoms with van der Waals surface area (Å²) in [6.07, 6.45) is 1.88. The van der Waals surface area contributed by atoms with Gasteiger partial charge in [-0.3, -0.25) is 4.79 Å². The van der Waals surface area contributed by atoms with Gasteiger partial charge in [0.15, 0.2) is 0 Å². The minimum Gasteiger partial charge on any atom is -0.495 e. The third-order valence-electron chi connectivity index (χ3n) is 2.83. The van der Waals surface area contributed by atoms with E-state index in [1.807, 2.05) is 0 Å². The van der Waals surface area contributed by atoms with Crippen molar-refractivity contribution in [3.63, 3.8) is 0 Å². The number of hydrogen-bond acceptors (Lipinski definition) is 4. The van der Waals surface area contributed by atoms with Crippen LogP contribution >= 0.6 is 0 Å². The summed E-state index contributed by atoms with van der Waals surface area (Å²) >= 11 is 0. The molecule has 1 N–H and O–H groups in total. The first-order valence-electron chi connectivity index (χ1n) is 5.73. The molecule has 1 aliphatic carbocycles. The number of carbonyl (C=O) groups excluding carboxylic acids is 2. The molecule has 1 aromatic rings. The number of hydrogen-bond donors (Lipinski definition) is 1. The molecule has 0 aliphatic heterocycles. The van der Waals surface area contributed by atoms with Crippen molar-refractivity contribution in [3.8, 4) is 5.75 Å². The SMILES string of the molecule is COC(=O)c1ccc(NC(=O)C2CC2)c(OC)c1. The molecule has 0 radical (unpaired) electrons. The van der Waals surface area contributed by atoms with Gasteiger partial charge in [0.25, 0.3) is 0 Å². The van der Waals surface area contributed by atoms with Crippen LogP contribution < -0.4 is 10.1 Å². The second-order valence-electron chi connectivity index (χ2n) is 4.17. The average Bonchev–Trinajstić information content (AvgIpc) is 3.22. The van der Waals surface area contributed by atoms with E-state index in [0.717, 1.165) is 12.8 Å².